The fraction of sp³-hybridized carbons (Fsp3) is 0.733. The third kappa shape index (κ3) is 6.98. The summed E-state index contributed by atoms with van der Waals surface area (Å²) in [6.45, 7) is 14.9. The monoisotopic (exact) mass is 301 g/mol. The van der Waals surface area contributed by atoms with Crippen LogP contribution in [0.25, 0.3) is 0 Å². The normalized spacial score (nSPS) is 15.4. The molecular formula is C15H31N3OS. The number of aromatic nitrogens is 2. The molecule has 0 aromatic carbocycles. The van der Waals surface area contributed by atoms with Gasteiger partial charge in [0.2, 0.25) is 0 Å². The summed E-state index contributed by atoms with van der Waals surface area (Å²) in [6, 6.07) is 0. The number of fused-ring (bicyclic) bond motifs is 1. The van der Waals surface area contributed by atoms with Crippen LogP contribution in [0.5, 0.6) is 0 Å². The van der Waals surface area contributed by atoms with Crippen molar-refractivity contribution in [1.29, 1.82) is 0 Å². The third-order valence-electron chi connectivity index (χ3n) is 2.08. The molecule has 1 unspecified atom stereocenters. The van der Waals surface area contributed by atoms with Gasteiger partial charge in [-0.25, -0.2) is 9.97 Å². The van der Waals surface area contributed by atoms with E-state index in [1.165, 1.54) is 6.42 Å². The van der Waals surface area contributed by atoms with Crippen LogP contribution in [0.15, 0.2) is 11.1 Å². The lowest BCUT2D eigenvalue weighted by Crippen LogP contribution is -2.30. The number of anilines is 1. The topological polar surface area (TPSA) is 46.1 Å². The molecule has 2 heterocycles. The Morgan fingerprint density at radius 2 is 1.75 bits per heavy atom. The summed E-state index contributed by atoms with van der Waals surface area (Å²) >= 11 is 0. The van der Waals surface area contributed by atoms with Crippen molar-refractivity contribution < 1.29 is 4.21 Å². The van der Waals surface area contributed by atoms with Crippen LogP contribution in [0.2, 0.25) is 0 Å². The van der Waals surface area contributed by atoms with Gasteiger partial charge in [-0.15, -0.1) is 0 Å². The molecule has 0 N–H and O–H groups in total. The molecule has 0 spiro atoms. The second-order valence-electron chi connectivity index (χ2n) is 3.78. The number of rotatable bonds is 0. The average Bonchev–Trinajstić information content (AvgIpc) is 2.48. The smallest absolute Gasteiger partial charge is 0.148 e. The van der Waals surface area contributed by atoms with Crippen molar-refractivity contribution in [1.82, 2.24) is 9.97 Å². The summed E-state index contributed by atoms with van der Waals surface area (Å²) in [7, 11) is 1.05. The van der Waals surface area contributed by atoms with Crippen LogP contribution in [0.3, 0.4) is 0 Å². The van der Waals surface area contributed by atoms with Gasteiger partial charge in [0, 0.05) is 25.5 Å². The highest BCUT2D eigenvalue weighted by molar-refractivity contribution is 7.85. The van der Waals surface area contributed by atoms with E-state index in [1.54, 1.807) is 6.20 Å². The van der Waals surface area contributed by atoms with Crippen LogP contribution >= 0.6 is 0 Å². The van der Waals surface area contributed by atoms with Crippen molar-refractivity contribution in [3.8, 4) is 0 Å². The molecule has 0 saturated carbocycles. The third-order valence-corrected chi connectivity index (χ3v) is 3.41. The molecular weight excluding hydrogens is 270 g/mol. The van der Waals surface area contributed by atoms with Gasteiger partial charge in [0.15, 0.2) is 0 Å². The van der Waals surface area contributed by atoms with Gasteiger partial charge in [-0.2, -0.15) is 0 Å². The van der Waals surface area contributed by atoms with Crippen molar-refractivity contribution in [2.45, 2.75) is 59.8 Å². The van der Waals surface area contributed by atoms with Crippen LogP contribution in [0.4, 0.5) is 5.82 Å². The lowest BCUT2D eigenvalue weighted by molar-refractivity contribution is 0.676. The number of hydrogen-bond donors (Lipinski definition) is 0. The first-order chi connectivity index (χ1) is 9.60. The highest BCUT2D eigenvalue weighted by Gasteiger charge is 2.21. The van der Waals surface area contributed by atoms with E-state index < -0.39 is 10.8 Å². The highest BCUT2D eigenvalue weighted by atomic mass is 32.2. The predicted octanol–water partition coefficient (Wildman–Crippen LogP) is 3.81. The summed E-state index contributed by atoms with van der Waals surface area (Å²) < 4.78 is 11.5. The number of nitrogens with zero attached hydrogens (tertiary/aromatic N) is 3. The van der Waals surface area contributed by atoms with Crippen LogP contribution in [0, 0.1) is 6.92 Å². The maximum absolute atomic E-state index is 11.5. The first-order valence-electron chi connectivity index (χ1n) is 7.53. The zero-order valence-corrected chi connectivity index (χ0v) is 15.2. The minimum atomic E-state index is -0.911. The molecule has 1 aromatic heterocycles. The Kier molecular flexibility index (Phi) is 13.9. The molecule has 5 heteroatoms. The van der Waals surface area contributed by atoms with Gasteiger partial charge in [0.05, 0.1) is 15.7 Å². The summed E-state index contributed by atoms with van der Waals surface area (Å²) in [4.78, 5) is 11.1. The maximum atomic E-state index is 11.5. The maximum Gasteiger partial charge on any atom is 0.148 e. The van der Waals surface area contributed by atoms with Crippen molar-refractivity contribution in [3.05, 3.63) is 12.0 Å². The van der Waals surface area contributed by atoms with Crippen molar-refractivity contribution in [2.75, 3.05) is 24.2 Å². The second kappa shape index (κ2) is 13.0. The molecule has 2 rings (SSSR count). The van der Waals surface area contributed by atoms with E-state index in [1.807, 2.05) is 46.6 Å². The van der Waals surface area contributed by atoms with E-state index >= 15 is 0 Å². The second-order valence-corrected chi connectivity index (χ2v) is 5.32. The van der Waals surface area contributed by atoms with Crippen LogP contribution in [0.1, 0.15) is 53.8 Å². The zero-order valence-electron chi connectivity index (χ0n) is 14.4. The molecule has 1 atom stereocenters. The fourth-order valence-corrected chi connectivity index (χ4v) is 2.55. The molecule has 0 radical (unpaired) electrons. The molecule has 4 nitrogen and oxygen atoms in total. The quantitative estimate of drug-likeness (QED) is 0.731. The van der Waals surface area contributed by atoms with Crippen molar-refractivity contribution >= 4 is 16.6 Å². The molecule has 1 aromatic rings. The summed E-state index contributed by atoms with van der Waals surface area (Å²) in [6.07, 6.45) is 2.92. The number of aryl methyl sites for hydroxylation is 1. The Labute approximate surface area is 127 Å². The average molecular weight is 302 g/mol. The van der Waals surface area contributed by atoms with Crippen molar-refractivity contribution in [3.63, 3.8) is 0 Å². The largest absolute Gasteiger partial charge is 0.358 e. The van der Waals surface area contributed by atoms with E-state index in [9.17, 15) is 4.21 Å². The van der Waals surface area contributed by atoms with Crippen LogP contribution in [-0.2, 0) is 10.8 Å². The molecule has 118 valence electrons. The number of hydrogen-bond acceptors (Lipinski definition) is 4. The Morgan fingerprint density at radius 1 is 1.25 bits per heavy atom. The predicted molar refractivity (Wildman–Crippen MR) is 90.0 cm³/mol. The molecule has 0 fully saturated rings. The molecule has 0 saturated heterocycles. The summed E-state index contributed by atoms with van der Waals surface area (Å²) in [5.74, 6) is 2.22. The Bertz CT molecular complexity index is 383. The Hall–Kier alpha value is -0.970. The highest BCUT2D eigenvalue weighted by Crippen LogP contribution is 2.23. The molecule has 0 amide bonds. The van der Waals surface area contributed by atoms with Gasteiger partial charge in [-0.3, -0.25) is 4.21 Å². The molecule has 0 aliphatic carbocycles. The van der Waals surface area contributed by atoms with Gasteiger partial charge in [-0.1, -0.05) is 48.0 Å². The van der Waals surface area contributed by atoms with Crippen LogP contribution < -0.4 is 4.90 Å². The standard InChI is InChI=1S/C8H11N3OS.C3H8.2C2H6/c1-6-9-5-7-8(10-6)11(2)3-4-13(7)12;1-3-2;2*1-2/h5H,3-4H2,1-2H3;3H2,1-2H3;2*1-2H3. The van der Waals surface area contributed by atoms with Gasteiger partial charge in [0.25, 0.3) is 0 Å². The van der Waals surface area contributed by atoms with Gasteiger partial charge in [0.1, 0.15) is 11.6 Å². The van der Waals surface area contributed by atoms with Gasteiger partial charge >= 0.3 is 0 Å². The minimum Gasteiger partial charge on any atom is -0.358 e. The molecule has 1 aliphatic rings. The van der Waals surface area contributed by atoms with E-state index in [4.69, 9.17) is 0 Å². The lowest BCUT2D eigenvalue weighted by Gasteiger charge is -2.25. The molecule has 20 heavy (non-hydrogen) atoms. The van der Waals surface area contributed by atoms with Crippen LogP contribution in [-0.4, -0.2) is 33.5 Å². The Morgan fingerprint density at radius 3 is 2.25 bits per heavy atom. The van der Waals surface area contributed by atoms with E-state index in [0.29, 0.717) is 5.75 Å². The summed E-state index contributed by atoms with van der Waals surface area (Å²) in [5.41, 5.74) is 0. The molecule has 1 aliphatic heterocycles. The van der Waals surface area contributed by atoms with E-state index in [2.05, 4.69) is 23.8 Å². The minimum absolute atomic E-state index is 0.677. The fourth-order valence-electron chi connectivity index (χ4n) is 1.32. The first kappa shape index (κ1) is 21.3. The van der Waals surface area contributed by atoms with E-state index in [-0.39, 0.29) is 0 Å². The SMILES string of the molecule is CC.CC.CCC.Cc1ncc2c(n1)N(C)CCS2=O. The van der Waals surface area contributed by atoms with Gasteiger partial charge in [-0.05, 0) is 6.92 Å². The van der Waals surface area contributed by atoms with Crippen molar-refractivity contribution in [2.24, 2.45) is 0 Å². The first-order valence-corrected chi connectivity index (χ1v) is 8.85. The Balaban J connectivity index is 0. The summed E-state index contributed by atoms with van der Waals surface area (Å²) in [5, 5.41) is 0. The zero-order chi connectivity index (χ0) is 16.1. The van der Waals surface area contributed by atoms with Gasteiger partial charge < -0.3 is 4.90 Å². The van der Waals surface area contributed by atoms with E-state index in [0.717, 1.165) is 23.1 Å². The molecule has 0 bridgehead atoms. The lowest BCUT2D eigenvalue weighted by atomic mass is 10.4.